The molecule has 1 saturated heterocycles. The number of nitrogens with zero attached hydrogens (tertiary/aromatic N) is 3. The molecule has 0 radical (unpaired) electrons. The van der Waals surface area contributed by atoms with Crippen molar-refractivity contribution in [3.05, 3.63) is 18.1 Å². The van der Waals surface area contributed by atoms with E-state index in [-0.39, 0.29) is 5.25 Å². The van der Waals surface area contributed by atoms with Crippen LogP contribution in [-0.4, -0.2) is 48.1 Å². The highest BCUT2D eigenvalue weighted by atomic mass is 32.2. The molecule has 1 unspecified atom stereocenters. The third-order valence-electron chi connectivity index (χ3n) is 5.06. The molecule has 1 aromatic heterocycles. The Morgan fingerprint density at radius 2 is 1.91 bits per heavy atom. The molecule has 0 bridgehead atoms. The van der Waals surface area contributed by atoms with E-state index >= 15 is 0 Å². The standard InChI is InChI=1S/C16H26N4O2S/c1-17-16-15(18-8-9-19-16)11-13-5-4-10-20(12-13)23(21,22)14-6-2-3-7-14/h8-9,13-14H,2-7,10-12H2,1H3,(H,17,19). The summed E-state index contributed by atoms with van der Waals surface area (Å²) in [4.78, 5) is 8.70. The van der Waals surface area contributed by atoms with Gasteiger partial charge in [-0.25, -0.2) is 17.7 Å². The maximum Gasteiger partial charge on any atom is 0.216 e. The van der Waals surface area contributed by atoms with Gasteiger partial charge in [0.25, 0.3) is 0 Å². The van der Waals surface area contributed by atoms with Crippen LogP contribution in [0.5, 0.6) is 0 Å². The Kier molecular flexibility index (Phi) is 5.16. The van der Waals surface area contributed by atoms with Crippen LogP contribution in [0.4, 0.5) is 5.82 Å². The Bertz CT molecular complexity index is 629. The lowest BCUT2D eigenvalue weighted by Gasteiger charge is -2.33. The molecule has 23 heavy (non-hydrogen) atoms. The predicted octanol–water partition coefficient (Wildman–Crippen LogP) is 2.05. The molecule has 1 saturated carbocycles. The Labute approximate surface area is 138 Å². The van der Waals surface area contributed by atoms with E-state index in [1.165, 1.54) is 0 Å². The van der Waals surface area contributed by atoms with Gasteiger partial charge in [-0.1, -0.05) is 12.8 Å². The molecule has 7 heteroatoms. The lowest BCUT2D eigenvalue weighted by molar-refractivity contribution is 0.262. The molecule has 1 aromatic rings. The van der Waals surface area contributed by atoms with Crippen LogP contribution < -0.4 is 5.32 Å². The van der Waals surface area contributed by atoms with Crippen LogP contribution in [0.25, 0.3) is 0 Å². The van der Waals surface area contributed by atoms with Crippen molar-refractivity contribution in [2.75, 3.05) is 25.5 Å². The molecule has 2 aliphatic rings. The number of sulfonamides is 1. The van der Waals surface area contributed by atoms with Gasteiger partial charge in [0.15, 0.2) is 0 Å². The quantitative estimate of drug-likeness (QED) is 0.889. The van der Waals surface area contributed by atoms with Gasteiger partial charge >= 0.3 is 0 Å². The van der Waals surface area contributed by atoms with E-state index in [2.05, 4.69) is 15.3 Å². The molecular formula is C16H26N4O2S. The topological polar surface area (TPSA) is 75.2 Å². The summed E-state index contributed by atoms with van der Waals surface area (Å²) in [6.45, 7) is 1.30. The number of aromatic nitrogens is 2. The Hall–Kier alpha value is -1.21. The monoisotopic (exact) mass is 338 g/mol. The lowest BCUT2D eigenvalue weighted by Crippen LogP contribution is -2.44. The Morgan fingerprint density at radius 3 is 2.65 bits per heavy atom. The van der Waals surface area contributed by atoms with Crippen molar-refractivity contribution in [1.29, 1.82) is 0 Å². The number of rotatable bonds is 5. The van der Waals surface area contributed by atoms with E-state index < -0.39 is 10.0 Å². The van der Waals surface area contributed by atoms with E-state index in [0.717, 1.165) is 56.5 Å². The molecule has 1 aliphatic carbocycles. The van der Waals surface area contributed by atoms with Crippen molar-refractivity contribution < 1.29 is 8.42 Å². The van der Waals surface area contributed by atoms with Crippen molar-refractivity contribution in [3.8, 4) is 0 Å². The van der Waals surface area contributed by atoms with Gasteiger partial charge in [-0.3, -0.25) is 4.98 Å². The Balaban J connectivity index is 1.68. The van der Waals surface area contributed by atoms with E-state index in [1.54, 1.807) is 16.7 Å². The van der Waals surface area contributed by atoms with Crippen molar-refractivity contribution in [3.63, 3.8) is 0 Å². The first kappa shape index (κ1) is 16.6. The van der Waals surface area contributed by atoms with Crippen LogP contribution in [0.1, 0.15) is 44.2 Å². The fourth-order valence-corrected chi connectivity index (χ4v) is 5.97. The van der Waals surface area contributed by atoms with Crippen molar-refractivity contribution in [2.24, 2.45) is 5.92 Å². The van der Waals surface area contributed by atoms with Gasteiger partial charge in [0, 0.05) is 32.5 Å². The fourth-order valence-electron chi connectivity index (χ4n) is 3.82. The molecule has 2 heterocycles. The van der Waals surface area contributed by atoms with Gasteiger partial charge in [-0.2, -0.15) is 0 Å². The van der Waals surface area contributed by atoms with Crippen LogP contribution in [-0.2, 0) is 16.4 Å². The summed E-state index contributed by atoms with van der Waals surface area (Å²) in [5.41, 5.74) is 0.931. The highest BCUT2D eigenvalue weighted by Gasteiger charge is 2.36. The maximum atomic E-state index is 12.8. The summed E-state index contributed by atoms with van der Waals surface area (Å²) in [6, 6.07) is 0. The van der Waals surface area contributed by atoms with Gasteiger partial charge in [0.05, 0.1) is 10.9 Å². The van der Waals surface area contributed by atoms with Crippen molar-refractivity contribution >= 4 is 15.8 Å². The lowest BCUT2D eigenvalue weighted by atomic mass is 9.94. The van der Waals surface area contributed by atoms with Crippen LogP contribution in [0.3, 0.4) is 0 Å². The fraction of sp³-hybridized carbons (Fsp3) is 0.750. The first-order chi connectivity index (χ1) is 11.1. The maximum absolute atomic E-state index is 12.8. The zero-order valence-electron chi connectivity index (χ0n) is 13.7. The van der Waals surface area contributed by atoms with Crippen LogP contribution in [0.15, 0.2) is 12.4 Å². The van der Waals surface area contributed by atoms with Gasteiger partial charge in [0.1, 0.15) is 5.82 Å². The number of hydrogen-bond donors (Lipinski definition) is 1. The van der Waals surface area contributed by atoms with E-state index in [9.17, 15) is 8.42 Å². The summed E-state index contributed by atoms with van der Waals surface area (Å²) in [7, 11) is -1.28. The third-order valence-corrected chi connectivity index (χ3v) is 7.42. The first-order valence-corrected chi connectivity index (χ1v) is 10.1. The molecule has 1 atom stereocenters. The minimum Gasteiger partial charge on any atom is -0.372 e. The van der Waals surface area contributed by atoms with E-state index in [1.807, 2.05) is 7.05 Å². The molecule has 0 aromatic carbocycles. The molecule has 2 fully saturated rings. The summed E-state index contributed by atoms with van der Waals surface area (Å²) < 4.78 is 27.3. The summed E-state index contributed by atoms with van der Waals surface area (Å²) >= 11 is 0. The normalized spacial score (nSPS) is 24.0. The van der Waals surface area contributed by atoms with Crippen LogP contribution >= 0.6 is 0 Å². The summed E-state index contributed by atoms with van der Waals surface area (Å²) in [5, 5.41) is 2.92. The van der Waals surface area contributed by atoms with Gasteiger partial charge in [-0.15, -0.1) is 0 Å². The summed E-state index contributed by atoms with van der Waals surface area (Å²) in [5.74, 6) is 1.12. The van der Waals surface area contributed by atoms with Crippen molar-refractivity contribution in [1.82, 2.24) is 14.3 Å². The van der Waals surface area contributed by atoms with E-state index in [0.29, 0.717) is 19.0 Å². The predicted molar refractivity (Wildman–Crippen MR) is 90.8 cm³/mol. The van der Waals surface area contributed by atoms with E-state index in [4.69, 9.17) is 0 Å². The number of hydrogen-bond acceptors (Lipinski definition) is 5. The van der Waals surface area contributed by atoms with Crippen molar-refractivity contribution in [2.45, 2.75) is 50.2 Å². The molecular weight excluding hydrogens is 312 g/mol. The van der Waals surface area contributed by atoms with Crippen LogP contribution in [0, 0.1) is 5.92 Å². The number of nitrogens with one attached hydrogen (secondary N) is 1. The highest BCUT2D eigenvalue weighted by Crippen LogP contribution is 2.31. The van der Waals surface area contributed by atoms with Gasteiger partial charge in [-0.05, 0) is 38.0 Å². The molecule has 0 amide bonds. The largest absolute Gasteiger partial charge is 0.372 e. The third kappa shape index (κ3) is 3.66. The smallest absolute Gasteiger partial charge is 0.216 e. The highest BCUT2D eigenvalue weighted by molar-refractivity contribution is 7.89. The molecule has 0 spiro atoms. The molecule has 128 valence electrons. The molecule has 3 rings (SSSR count). The second kappa shape index (κ2) is 7.13. The number of piperidine rings is 1. The number of anilines is 1. The van der Waals surface area contributed by atoms with Crippen LogP contribution in [0.2, 0.25) is 0 Å². The minimum atomic E-state index is -3.12. The van der Waals surface area contributed by atoms with Gasteiger partial charge in [0.2, 0.25) is 10.0 Å². The average Bonchev–Trinajstić information content (AvgIpc) is 3.11. The molecule has 6 nitrogen and oxygen atoms in total. The SMILES string of the molecule is CNc1nccnc1CC1CCCN(S(=O)(=O)C2CCCC2)C1. The second-order valence-electron chi connectivity index (χ2n) is 6.62. The first-order valence-electron chi connectivity index (χ1n) is 8.58. The zero-order valence-corrected chi connectivity index (χ0v) is 14.6. The van der Waals surface area contributed by atoms with Gasteiger partial charge < -0.3 is 5.32 Å². The average molecular weight is 338 g/mol. The summed E-state index contributed by atoms with van der Waals surface area (Å²) in [6.07, 6.45) is 9.90. The molecule has 1 aliphatic heterocycles. The zero-order chi connectivity index (χ0) is 16.3. The molecule has 1 N–H and O–H groups in total. The Morgan fingerprint density at radius 1 is 1.17 bits per heavy atom. The minimum absolute atomic E-state index is 0.148. The second-order valence-corrected chi connectivity index (χ2v) is 8.84.